The molecule has 0 saturated carbocycles. The van der Waals surface area contributed by atoms with Crippen LogP contribution in [0.2, 0.25) is 5.02 Å². The van der Waals surface area contributed by atoms with Crippen LogP contribution in [0.5, 0.6) is 0 Å². The molecular formula is C25H20ClFN4O2S. The van der Waals surface area contributed by atoms with Gasteiger partial charge in [0.05, 0.1) is 22.7 Å². The van der Waals surface area contributed by atoms with Crippen LogP contribution in [0.3, 0.4) is 0 Å². The largest absolute Gasteiger partial charge is 0.312 e. The van der Waals surface area contributed by atoms with Crippen molar-refractivity contribution in [1.82, 2.24) is 9.97 Å². The molecular weight excluding hydrogens is 475 g/mol. The lowest BCUT2D eigenvalue weighted by Gasteiger charge is -2.23. The Balaban J connectivity index is 1.48. The van der Waals surface area contributed by atoms with Crippen LogP contribution in [-0.4, -0.2) is 28.3 Å². The lowest BCUT2D eigenvalue weighted by Crippen LogP contribution is -2.37. The van der Waals surface area contributed by atoms with Gasteiger partial charge in [0.2, 0.25) is 11.8 Å². The molecule has 2 amide bonds. The number of amides is 2. The van der Waals surface area contributed by atoms with Crippen LogP contribution in [0.4, 0.5) is 15.2 Å². The zero-order valence-corrected chi connectivity index (χ0v) is 19.8. The second-order valence-electron chi connectivity index (χ2n) is 8.18. The lowest BCUT2D eigenvalue weighted by atomic mass is 10.1. The summed E-state index contributed by atoms with van der Waals surface area (Å²) in [4.78, 5) is 38.6. The fraction of sp³-hybridized carbons (Fsp3) is 0.200. The molecule has 2 aromatic carbocycles. The maximum atomic E-state index is 13.8. The molecule has 0 spiro atoms. The van der Waals surface area contributed by atoms with Crippen LogP contribution in [0.1, 0.15) is 17.5 Å². The van der Waals surface area contributed by atoms with Crippen molar-refractivity contribution in [1.29, 1.82) is 0 Å². The molecule has 172 valence electrons. The molecule has 2 aromatic heterocycles. The Morgan fingerprint density at radius 1 is 1.24 bits per heavy atom. The molecule has 0 N–H and O–H groups in total. The second-order valence-corrected chi connectivity index (χ2v) is 9.60. The maximum Gasteiger partial charge on any atom is 0.234 e. The van der Waals surface area contributed by atoms with Crippen LogP contribution in [0.25, 0.3) is 10.2 Å². The number of anilines is 2. The van der Waals surface area contributed by atoms with Crippen molar-refractivity contribution in [2.45, 2.75) is 19.9 Å². The summed E-state index contributed by atoms with van der Waals surface area (Å²) in [6.07, 6.45) is 3.46. The Bertz CT molecular complexity index is 1380. The average Bonchev–Trinajstić information content (AvgIpc) is 3.45. The number of nitrogens with zero attached hydrogens (tertiary/aromatic N) is 4. The Hall–Kier alpha value is -3.36. The van der Waals surface area contributed by atoms with Crippen LogP contribution < -0.4 is 9.80 Å². The van der Waals surface area contributed by atoms with Crippen molar-refractivity contribution in [3.63, 3.8) is 0 Å². The Morgan fingerprint density at radius 2 is 2.03 bits per heavy atom. The summed E-state index contributed by atoms with van der Waals surface area (Å²) in [6, 6.07) is 13.1. The van der Waals surface area contributed by atoms with Gasteiger partial charge in [-0.15, -0.1) is 0 Å². The van der Waals surface area contributed by atoms with E-state index in [1.807, 2.05) is 31.2 Å². The van der Waals surface area contributed by atoms with Crippen LogP contribution in [0, 0.1) is 18.7 Å². The number of aromatic nitrogens is 2. The number of benzene rings is 2. The maximum absolute atomic E-state index is 13.8. The van der Waals surface area contributed by atoms with Crippen LogP contribution in [0.15, 0.2) is 60.9 Å². The predicted molar refractivity (Wildman–Crippen MR) is 132 cm³/mol. The number of hydrogen-bond donors (Lipinski definition) is 0. The van der Waals surface area contributed by atoms with Gasteiger partial charge in [0, 0.05) is 36.1 Å². The van der Waals surface area contributed by atoms with E-state index >= 15 is 0 Å². The van der Waals surface area contributed by atoms with Gasteiger partial charge in [0.1, 0.15) is 5.82 Å². The summed E-state index contributed by atoms with van der Waals surface area (Å²) in [5.74, 6) is -1.29. The monoisotopic (exact) mass is 494 g/mol. The third-order valence-electron chi connectivity index (χ3n) is 5.91. The molecule has 1 aliphatic heterocycles. The number of aryl methyl sites for hydroxylation is 1. The smallest absolute Gasteiger partial charge is 0.234 e. The minimum Gasteiger partial charge on any atom is -0.312 e. The summed E-state index contributed by atoms with van der Waals surface area (Å²) >= 11 is 7.69. The standard InChI is InChI=1S/C25H20ClFN4O2S/c1-15-20(26)8-9-21-23(15)29-25(34-21)31(13-16-3-2-10-28-12-16)24(33)17-11-22(32)30(14-17)19-6-4-18(27)5-7-19/h2-10,12,17H,11,13-14H2,1H3. The van der Waals surface area contributed by atoms with Crippen LogP contribution in [-0.2, 0) is 16.1 Å². The predicted octanol–water partition coefficient (Wildman–Crippen LogP) is 5.38. The highest BCUT2D eigenvalue weighted by Gasteiger charge is 2.38. The first-order valence-corrected chi connectivity index (χ1v) is 11.9. The second kappa shape index (κ2) is 9.12. The fourth-order valence-corrected chi connectivity index (χ4v) is 5.26. The van der Waals surface area contributed by atoms with Crippen molar-refractivity contribution in [3.05, 3.63) is 82.9 Å². The van der Waals surface area contributed by atoms with Gasteiger partial charge < -0.3 is 4.90 Å². The molecule has 0 bridgehead atoms. The Kier molecular flexibility index (Phi) is 6.02. The van der Waals surface area contributed by atoms with Crippen molar-refractivity contribution in [2.24, 2.45) is 5.92 Å². The minimum absolute atomic E-state index is 0.0789. The highest BCUT2D eigenvalue weighted by molar-refractivity contribution is 7.22. The van der Waals surface area contributed by atoms with E-state index in [2.05, 4.69) is 4.98 Å². The number of thiazole rings is 1. The van der Waals surface area contributed by atoms with E-state index in [0.29, 0.717) is 15.8 Å². The molecule has 5 rings (SSSR count). The van der Waals surface area contributed by atoms with Gasteiger partial charge >= 0.3 is 0 Å². The quantitative estimate of drug-likeness (QED) is 0.373. The zero-order valence-electron chi connectivity index (χ0n) is 18.2. The van der Waals surface area contributed by atoms with Crippen molar-refractivity contribution < 1.29 is 14.0 Å². The van der Waals surface area contributed by atoms with Crippen LogP contribution >= 0.6 is 22.9 Å². The number of halogens is 2. The van der Waals surface area contributed by atoms with Crippen molar-refractivity contribution >= 4 is 55.8 Å². The number of pyridine rings is 1. The van der Waals surface area contributed by atoms with E-state index in [4.69, 9.17) is 16.6 Å². The van der Waals surface area contributed by atoms with E-state index in [-0.39, 0.29) is 37.1 Å². The molecule has 1 atom stereocenters. The molecule has 9 heteroatoms. The molecule has 3 heterocycles. The highest BCUT2D eigenvalue weighted by atomic mass is 35.5. The third kappa shape index (κ3) is 4.26. The van der Waals surface area contributed by atoms with Gasteiger partial charge in [-0.2, -0.15) is 0 Å². The molecule has 1 aliphatic rings. The summed E-state index contributed by atoms with van der Waals surface area (Å²) in [7, 11) is 0. The number of carbonyl (C=O) groups excluding carboxylic acids is 2. The van der Waals surface area contributed by atoms with E-state index in [1.54, 1.807) is 29.4 Å². The number of hydrogen-bond acceptors (Lipinski definition) is 5. The van der Waals surface area contributed by atoms with E-state index in [0.717, 1.165) is 21.3 Å². The van der Waals surface area contributed by atoms with Crippen molar-refractivity contribution in [3.8, 4) is 0 Å². The molecule has 34 heavy (non-hydrogen) atoms. The van der Waals surface area contributed by atoms with Gasteiger partial charge in [-0.05, 0) is 60.5 Å². The average molecular weight is 495 g/mol. The van der Waals surface area contributed by atoms with Gasteiger partial charge in [-0.25, -0.2) is 9.37 Å². The third-order valence-corrected chi connectivity index (χ3v) is 7.36. The van der Waals surface area contributed by atoms with E-state index < -0.39 is 5.92 Å². The summed E-state index contributed by atoms with van der Waals surface area (Å²) < 4.78 is 14.3. The first kappa shape index (κ1) is 22.4. The molecule has 0 radical (unpaired) electrons. The van der Waals surface area contributed by atoms with Gasteiger partial charge in [0.15, 0.2) is 5.13 Å². The number of rotatable bonds is 5. The summed E-state index contributed by atoms with van der Waals surface area (Å²) in [5, 5.41) is 1.16. The summed E-state index contributed by atoms with van der Waals surface area (Å²) in [6.45, 7) is 2.40. The molecule has 4 aromatic rings. The molecule has 1 saturated heterocycles. The SMILES string of the molecule is Cc1c(Cl)ccc2sc(N(Cc3cccnc3)C(=O)C3CC(=O)N(c4ccc(F)cc4)C3)nc12. The molecule has 0 aliphatic carbocycles. The lowest BCUT2D eigenvalue weighted by molar-refractivity contribution is -0.124. The summed E-state index contributed by atoms with van der Waals surface area (Å²) in [5.41, 5.74) is 3.04. The molecule has 1 unspecified atom stereocenters. The number of carbonyl (C=O) groups is 2. The Morgan fingerprint density at radius 3 is 2.76 bits per heavy atom. The van der Waals surface area contributed by atoms with Gasteiger partial charge in [-0.3, -0.25) is 19.5 Å². The normalized spacial score (nSPS) is 15.8. The van der Waals surface area contributed by atoms with E-state index in [1.165, 1.54) is 28.4 Å². The highest BCUT2D eigenvalue weighted by Crippen LogP contribution is 2.36. The molecule has 1 fully saturated rings. The Labute approximate surface area is 204 Å². The number of fused-ring (bicyclic) bond motifs is 1. The van der Waals surface area contributed by atoms with Gasteiger partial charge in [-0.1, -0.05) is 29.0 Å². The van der Waals surface area contributed by atoms with Gasteiger partial charge in [0.25, 0.3) is 0 Å². The van der Waals surface area contributed by atoms with Crippen molar-refractivity contribution in [2.75, 3.05) is 16.3 Å². The van der Waals surface area contributed by atoms with E-state index in [9.17, 15) is 14.0 Å². The minimum atomic E-state index is -0.550. The fourth-order valence-electron chi connectivity index (χ4n) is 4.08. The first-order valence-electron chi connectivity index (χ1n) is 10.7. The first-order chi connectivity index (χ1) is 16.4. The zero-order chi connectivity index (χ0) is 23.8. The topological polar surface area (TPSA) is 66.4 Å². The molecule has 6 nitrogen and oxygen atoms in total.